The van der Waals surface area contributed by atoms with E-state index in [2.05, 4.69) is 68.4 Å². The van der Waals surface area contributed by atoms with Crippen molar-refractivity contribution in [1.29, 1.82) is 0 Å². The van der Waals surface area contributed by atoms with Gasteiger partial charge in [0.25, 0.3) is 0 Å². The molecule has 0 atom stereocenters. The lowest BCUT2D eigenvalue weighted by Gasteiger charge is -2.14. The average Bonchev–Trinajstić information content (AvgIpc) is 2.46. The fourth-order valence-corrected chi connectivity index (χ4v) is 5.10. The van der Waals surface area contributed by atoms with Crippen molar-refractivity contribution in [2.24, 2.45) is 0 Å². The predicted octanol–water partition coefficient (Wildman–Crippen LogP) is 4.73. The van der Waals surface area contributed by atoms with Crippen LogP contribution >= 0.6 is 0 Å². The average molecular weight is 263 g/mol. The molecule has 0 unspecified atom stereocenters. The van der Waals surface area contributed by atoms with E-state index in [9.17, 15) is 0 Å². The highest BCUT2D eigenvalue weighted by Gasteiger charge is 2.12. The standard InChI is InChI=1S/C18H19Si/c1-3-19(4-2)18-11-7-10-16-12-14-8-5-6-9-15(14)13-17(16)18/h5-13H,3-4H2,1-2H3. The Morgan fingerprint density at radius 1 is 0.737 bits per heavy atom. The van der Waals surface area contributed by atoms with Crippen LogP contribution in [0.2, 0.25) is 12.1 Å². The van der Waals surface area contributed by atoms with Gasteiger partial charge in [0.2, 0.25) is 0 Å². The van der Waals surface area contributed by atoms with Crippen LogP contribution in [0.5, 0.6) is 0 Å². The molecular weight excluding hydrogens is 244 g/mol. The summed E-state index contributed by atoms with van der Waals surface area (Å²) in [5, 5.41) is 7.17. The van der Waals surface area contributed by atoms with E-state index in [0.717, 1.165) is 0 Å². The summed E-state index contributed by atoms with van der Waals surface area (Å²) < 4.78 is 0. The van der Waals surface area contributed by atoms with E-state index in [1.54, 1.807) is 5.19 Å². The highest BCUT2D eigenvalue weighted by atomic mass is 28.3. The Morgan fingerprint density at radius 3 is 2.05 bits per heavy atom. The molecule has 0 saturated carbocycles. The van der Waals surface area contributed by atoms with Gasteiger partial charge in [-0.1, -0.05) is 73.6 Å². The summed E-state index contributed by atoms with van der Waals surface area (Å²) in [6.07, 6.45) is 0. The molecule has 0 aliphatic heterocycles. The summed E-state index contributed by atoms with van der Waals surface area (Å²) in [6, 6.07) is 22.8. The van der Waals surface area contributed by atoms with Crippen LogP contribution in [0.4, 0.5) is 0 Å². The highest BCUT2D eigenvalue weighted by Crippen LogP contribution is 2.22. The quantitative estimate of drug-likeness (QED) is 0.473. The summed E-state index contributed by atoms with van der Waals surface area (Å²) in [7, 11) is -0.394. The van der Waals surface area contributed by atoms with Crippen molar-refractivity contribution >= 4 is 35.5 Å². The van der Waals surface area contributed by atoms with Crippen LogP contribution in [-0.4, -0.2) is 8.80 Å². The second-order valence-electron chi connectivity index (χ2n) is 5.04. The number of rotatable bonds is 3. The molecule has 0 saturated heterocycles. The summed E-state index contributed by atoms with van der Waals surface area (Å²) in [6.45, 7) is 4.66. The molecule has 3 aromatic rings. The SMILES string of the molecule is CC[Si](CC)c1cccc2cc3ccccc3cc12. The van der Waals surface area contributed by atoms with Crippen LogP contribution in [0.25, 0.3) is 21.5 Å². The largest absolute Gasteiger partial charge is 0.0859 e. The van der Waals surface area contributed by atoms with Gasteiger partial charge >= 0.3 is 0 Å². The van der Waals surface area contributed by atoms with E-state index in [0.29, 0.717) is 0 Å². The summed E-state index contributed by atoms with van der Waals surface area (Å²) in [5.41, 5.74) is 0. The first kappa shape index (κ1) is 12.4. The second-order valence-corrected chi connectivity index (χ2v) is 8.20. The molecule has 0 aliphatic carbocycles. The van der Waals surface area contributed by atoms with Gasteiger partial charge < -0.3 is 0 Å². The second kappa shape index (κ2) is 5.18. The molecular formula is C18H19Si. The monoisotopic (exact) mass is 263 g/mol. The van der Waals surface area contributed by atoms with Crippen LogP contribution in [-0.2, 0) is 0 Å². The van der Waals surface area contributed by atoms with Crippen molar-refractivity contribution in [2.45, 2.75) is 25.9 Å². The van der Waals surface area contributed by atoms with Crippen molar-refractivity contribution in [3.8, 4) is 0 Å². The van der Waals surface area contributed by atoms with Gasteiger partial charge in [-0.25, -0.2) is 0 Å². The third-order valence-corrected chi connectivity index (χ3v) is 6.89. The Balaban J connectivity index is 2.31. The van der Waals surface area contributed by atoms with Gasteiger partial charge in [-0.15, -0.1) is 0 Å². The molecule has 3 rings (SSSR count). The highest BCUT2D eigenvalue weighted by molar-refractivity contribution is 6.75. The Labute approximate surface area is 116 Å². The van der Waals surface area contributed by atoms with Crippen molar-refractivity contribution in [3.05, 3.63) is 54.6 Å². The Hall–Kier alpha value is -1.60. The predicted molar refractivity (Wildman–Crippen MR) is 87.8 cm³/mol. The normalized spacial score (nSPS) is 11.5. The topological polar surface area (TPSA) is 0 Å². The lowest BCUT2D eigenvalue weighted by molar-refractivity contribution is 1.33. The van der Waals surface area contributed by atoms with Crippen LogP contribution < -0.4 is 5.19 Å². The third kappa shape index (κ3) is 2.19. The third-order valence-electron chi connectivity index (χ3n) is 3.98. The van der Waals surface area contributed by atoms with Gasteiger partial charge in [0, 0.05) is 0 Å². The summed E-state index contributed by atoms with van der Waals surface area (Å²) in [5.74, 6) is 0. The summed E-state index contributed by atoms with van der Waals surface area (Å²) in [4.78, 5) is 0. The zero-order valence-electron chi connectivity index (χ0n) is 11.6. The zero-order valence-corrected chi connectivity index (χ0v) is 12.6. The van der Waals surface area contributed by atoms with Gasteiger partial charge in [0.15, 0.2) is 0 Å². The van der Waals surface area contributed by atoms with Gasteiger partial charge in [0.05, 0.1) is 8.80 Å². The van der Waals surface area contributed by atoms with Gasteiger partial charge in [-0.2, -0.15) is 0 Å². The first-order valence-electron chi connectivity index (χ1n) is 7.10. The van der Waals surface area contributed by atoms with Crippen molar-refractivity contribution in [3.63, 3.8) is 0 Å². The molecule has 0 bridgehead atoms. The van der Waals surface area contributed by atoms with Gasteiger partial charge in [-0.3, -0.25) is 0 Å². The molecule has 1 radical (unpaired) electrons. The Bertz CT molecular complexity index is 711. The molecule has 19 heavy (non-hydrogen) atoms. The molecule has 0 aromatic heterocycles. The zero-order chi connectivity index (χ0) is 13.2. The van der Waals surface area contributed by atoms with Crippen LogP contribution in [0.1, 0.15) is 13.8 Å². The minimum absolute atomic E-state index is 0.394. The molecule has 0 heterocycles. The van der Waals surface area contributed by atoms with E-state index in [-0.39, 0.29) is 0 Å². The minimum Gasteiger partial charge on any atom is -0.0677 e. The molecule has 3 aromatic carbocycles. The van der Waals surface area contributed by atoms with E-state index >= 15 is 0 Å². The molecule has 0 spiro atoms. The first-order valence-corrected chi connectivity index (χ1v) is 9.01. The number of hydrogen-bond acceptors (Lipinski definition) is 0. The number of fused-ring (bicyclic) bond motifs is 2. The lowest BCUT2D eigenvalue weighted by atomic mass is 10.0. The molecule has 1 heteroatoms. The molecule has 95 valence electrons. The maximum absolute atomic E-state index is 2.38. The van der Waals surface area contributed by atoms with Crippen molar-refractivity contribution in [2.75, 3.05) is 0 Å². The smallest absolute Gasteiger partial charge is 0.0677 e. The van der Waals surface area contributed by atoms with E-state index in [1.165, 1.54) is 33.6 Å². The fraction of sp³-hybridized carbons (Fsp3) is 0.222. The fourth-order valence-electron chi connectivity index (χ4n) is 2.91. The molecule has 0 aliphatic rings. The first-order chi connectivity index (χ1) is 9.33. The van der Waals surface area contributed by atoms with Gasteiger partial charge in [0.1, 0.15) is 0 Å². The van der Waals surface area contributed by atoms with Crippen molar-refractivity contribution in [1.82, 2.24) is 0 Å². The lowest BCUT2D eigenvalue weighted by Crippen LogP contribution is -2.28. The van der Waals surface area contributed by atoms with Crippen LogP contribution in [0.3, 0.4) is 0 Å². The maximum atomic E-state index is 2.38. The molecule has 0 fully saturated rings. The van der Waals surface area contributed by atoms with E-state index in [1.807, 2.05) is 0 Å². The number of benzene rings is 3. The minimum atomic E-state index is -0.394. The molecule has 0 amide bonds. The maximum Gasteiger partial charge on any atom is 0.0859 e. The van der Waals surface area contributed by atoms with E-state index in [4.69, 9.17) is 0 Å². The van der Waals surface area contributed by atoms with E-state index < -0.39 is 8.80 Å². The Morgan fingerprint density at radius 2 is 1.37 bits per heavy atom. The van der Waals surface area contributed by atoms with Crippen molar-refractivity contribution < 1.29 is 0 Å². The number of hydrogen-bond donors (Lipinski definition) is 0. The molecule has 0 nitrogen and oxygen atoms in total. The van der Waals surface area contributed by atoms with Crippen LogP contribution in [0, 0.1) is 0 Å². The van der Waals surface area contributed by atoms with Gasteiger partial charge in [-0.05, 0) is 33.7 Å². The summed E-state index contributed by atoms with van der Waals surface area (Å²) >= 11 is 0. The molecule has 0 N–H and O–H groups in total. The Kier molecular flexibility index (Phi) is 3.39. The van der Waals surface area contributed by atoms with Crippen LogP contribution in [0.15, 0.2) is 54.6 Å².